The van der Waals surface area contributed by atoms with Crippen molar-refractivity contribution in [2.45, 2.75) is 65.6 Å². The lowest BCUT2D eigenvalue weighted by atomic mass is 10.1. The number of pyridine rings is 1. The third-order valence-electron chi connectivity index (χ3n) is 4.28. The van der Waals surface area contributed by atoms with E-state index in [1.54, 1.807) is 0 Å². The molecule has 0 bridgehead atoms. The van der Waals surface area contributed by atoms with E-state index in [1.807, 2.05) is 12.4 Å². The molecule has 1 aliphatic heterocycles. The Balaban J connectivity index is 2.14. The van der Waals surface area contributed by atoms with E-state index in [0.29, 0.717) is 18.0 Å². The Morgan fingerprint density at radius 2 is 2.20 bits per heavy atom. The summed E-state index contributed by atoms with van der Waals surface area (Å²) in [5.41, 5.74) is 2.72. The molecule has 3 nitrogen and oxygen atoms in total. The highest BCUT2D eigenvalue weighted by atomic mass is 15.2. The van der Waals surface area contributed by atoms with Crippen molar-refractivity contribution in [3.8, 4) is 0 Å². The first kappa shape index (κ1) is 15.3. The van der Waals surface area contributed by atoms with E-state index in [4.69, 9.17) is 0 Å². The molecule has 0 saturated carbocycles. The Labute approximate surface area is 123 Å². The molecule has 20 heavy (non-hydrogen) atoms. The maximum Gasteiger partial charge on any atom is 0.0447 e. The molecule has 1 aromatic heterocycles. The quantitative estimate of drug-likeness (QED) is 0.860. The fourth-order valence-corrected chi connectivity index (χ4v) is 3.21. The summed E-state index contributed by atoms with van der Waals surface area (Å²) in [6.07, 6.45) is 7.81. The lowest BCUT2D eigenvalue weighted by Crippen LogP contribution is -2.35. The van der Waals surface area contributed by atoms with Gasteiger partial charge in [-0.15, -0.1) is 0 Å². The third kappa shape index (κ3) is 3.51. The lowest BCUT2D eigenvalue weighted by Gasteiger charge is -2.32. The van der Waals surface area contributed by atoms with E-state index >= 15 is 0 Å². The Bertz CT molecular complexity index is 416. The van der Waals surface area contributed by atoms with Gasteiger partial charge in [-0.3, -0.25) is 4.98 Å². The molecule has 0 aliphatic carbocycles. The van der Waals surface area contributed by atoms with E-state index in [0.717, 1.165) is 13.1 Å². The molecule has 1 N–H and O–H groups in total. The standard InChI is InChI=1S/C17H29N3/c1-5-16-7-6-14(4)20(16)17-8-9-18-11-15(17)12-19-10-13(2)3/h8-9,11,13-14,16,19H,5-7,10,12H2,1-4H3. The monoisotopic (exact) mass is 275 g/mol. The molecule has 1 saturated heterocycles. The van der Waals surface area contributed by atoms with Gasteiger partial charge < -0.3 is 10.2 Å². The molecule has 0 aromatic carbocycles. The van der Waals surface area contributed by atoms with E-state index < -0.39 is 0 Å². The van der Waals surface area contributed by atoms with Crippen LogP contribution >= 0.6 is 0 Å². The van der Waals surface area contributed by atoms with E-state index in [-0.39, 0.29) is 0 Å². The van der Waals surface area contributed by atoms with Crippen LogP contribution in [0.4, 0.5) is 5.69 Å². The average Bonchev–Trinajstić information content (AvgIpc) is 2.80. The maximum atomic E-state index is 4.32. The Kier molecular flexibility index (Phi) is 5.41. The molecular formula is C17H29N3. The number of hydrogen-bond acceptors (Lipinski definition) is 3. The maximum absolute atomic E-state index is 4.32. The molecule has 0 amide bonds. The van der Waals surface area contributed by atoms with Gasteiger partial charge in [0.15, 0.2) is 0 Å². The molecular weight excluding hydrogens is 246 g/mol. The minimum Gasteiger partial charge on any atom is -0.365 e. The second-order valence-corrected chi connectivity index (χ2v) is 6.42. The van der Waals surface area contributed by atoms with Gasteiger partial charge in [-0.1, -0.05) is 20.8 Å². The Morgan fingerprint density at radius 3 is 2.90 bits per heavy atom. The molecule has 1 fully saturated rings. The smallest absolute Gasteiger partial charge is 0.0447 e. The van der Waals surface area contributed by atoms with Crippen LogP contribution in [-0.2, 0) is 6.54 Å². The molecule has 1 aliphatic rings. The Hall–Kier alpha value is -1.09. The van der Waals surface area contributed by atoms with Crippen LogP contribution < -0.4 is 10.2 Å². The zero-order valence-corrected chi connectivity index (χ0v) is 13.4. The predicted octanol–water partition coefficient (Wildman–Crippen LogP) is 3.59. The van der Waals surface area contributed by atoms with Gasteiger partial charge in [0.2, 0.25) is 0 Å². The molecule has 3 heteroatoms. The summed E-state index contributed by atoms with van der Waals surface area (Å²) in [6, 6.07) is 3.53. The van der Waals surface area contributed by atoms with Crippen LogP contribution in [0.3, 0.4) is 0 Å². The summed E-state index contributed by atoms with van der Waals surface area (Å²) in [6.45, 7) is 11.1. The summed E-state index contributed by atoms with van der Waals surface area (Å²) >= 11 is 0. The van der Waals surface area contributed by atoms with Crippen LogP contribution in [0.1, 0.15) is 52.5 Å². The number of rotatable bonds is 6. The predicted molar refractivity (Wildman–Crippen MR) is 86.0 cm³/mol. The molecule has 2 atom stereocenters. The SMILES string of the molecule is CCC1CCC(C)N1c1ccncc1CNCC(C)C. The van der Waals surface area contributed by atoms with E-state index in [2.05, 4.69) is 49.0 Å². The first-order valence-corrected chi connectivity index (χ1v) is 8.05. The summed E-state index contributed by atoms with van der Waals surface area (Å²) < 4.78 is 0. The number of nitrogens with zero attached hydrogens (tertiary/aromatic N) is 2. The van der Waals surface area contributed by atoms with E-state index in [1.165, 1.54) is 30.5 Å². The highest BCUT2D eigenvalue weighted by Crippen LogP contribution is 2.33. The van der Waals surface area contributed by atoms with E-state index in [9.17, 15) is 0 Å². The summed E-state index contributed by atoms with van der Waals surface area (Å²) in [5, 5.41) is 3.55. The summed E-state index contributed by atoms with van der Waals surface area (Å²) in [5.74, 6) is 0.684. The van der Waals surface area contributed by atoms with Crippen molar-refractivity contribution in [3.05, 3.63) is 24.0 Å². The highest BCUT2D eigenvalue weighted by molar-refractivity contribution is 5.54. The topological polar surface area (TPSA) is 28.2 Å². The van der Waals surface area contributed by atoms with Crippen molar-refractivity contribution < 1.29 is 0 Å². The van der Waals surface area contributed by atoms with Crippen LogP contribution in [0.2, 0.25) is 0 Å². The zero-order chi connectivity index (χ0) is 14.5. The lowest BCUT2D eigenvalue weighted by molar-refractivity contribution is 0.549. The van der Waals surface area contributed by atoms with Gasteiger partial charge >= 0.3 is 0 Å². The van der Waals surface area contributed by atoms with Crippen LogP contribution in [0.15, 0.2) is 18.5 Å². The largest absolute Gasteiger partial charge is 0.365 e. The minimum atomic E-state index is 0.645. The molecule has 1 aromatic rings. The molecule has 2 unspecified atom stereocenters. The summed E-state index contributed by atoms with van der Waals surface area (Å²) in [4.78, 5) is 6.94. The van der Waals surface area contributed by atoms with Crippen molar-refractivity contribution in [1.29, 1.82) is 0 Å². The van der Waals surface area contributed by atoms with Crippen LogP contribution in [0, 0.1) is 5.92 Å². The van der Waals surface area contributed by atoms with Crippen LogP contribution in [0.5, 0.6) is 0 Å². The van der Waals surface area contributed by atoms with Gasteiger partial charge in [-0.25, -0.2) is 0 Å². The van der Waals surface area contributed by atoms with Gasteiger partial charge in [0.1, 0.15) is 0 Å². The first-order chi connectivity index (χ1) is 9.63. The first-order valence-electron chi connectivity index (χ1n) is 8.05. The minimum absolute atomic E-state index is 0.645. The fraction of sp³-hybridized carbons (Fsp3) is 0.706. The van der Waals surface area contributed by atoms with Gasteiger partial charge in [0.05, 0.1) is 0 Å². The average molecular weight is 275 g/mol. The van der Waals surface area contributed by atoms with Gasteiger partial charge in [0, 0.05) is 42.3 Å². The van der Waals surface area contributed by atoms with Crippen LogP contribution in [0.25, 0.3) is 0 Å². The van der Waals surface area contributed by atoms with Gasteiger partial charge in [0.25, 0.3) is 0 Å². The number of hydrogen-bond donors (Lipinski definition) is 1. The van der Waals surface area contributed by atoms with Crippen molar-refractivity contribution in [2.75, 3.05) is 11.4 Å². The van der Waals surface area contributed by atoms with Crippen LogP contribution in [-0.4, -0.2) is 23.6 Å². The second-order valence-electron chi connectivity index (χ2n) is 6.42. The Morgan fingerprint density at radius 1 is 1.40 bits per heavy atom. The zero-order valence-electron chi connectivity index (χ0n) is 13.4. The van der Waals surface area contributed by atoms with Crippen molar-refractivity contribution in [3.63, 3.8) is 0 Å². The van der Waals surface area contributed by atoms with Gasteiger partial charge in [-0.05, 0) is 44.7 Å². The van der Waals surface area contributed by atoms with Crippen molar-refractivity contribution >= 4 is 5.69 Å². The molecule has 0 spiro atoms. The normalized spacial score (nSPS) is 22.8. The number of anilines is 1. The highest BCUT2D eigenvalue weighted by Gasteiger charge is 2.30. The molecule has 2 rings (SSSR count). The number of nitrogens with one attached hydrogen (secondary N) is 1. The second kappa shape index (κ2) is 7.07. The number of aromatic nitrogens is 1. The molecule has 112 valence electrons. The van der Waals surface area contributed by atoms with Crippen molar-refractivity contribution in [2.24, 2.45) is 5.92 Å². The fourth-order valence-electron chi connectivity index (χ4n) is 3.21. The molecule has 0 radical (unpaired) electrons. The third-order valence-corrected chi connectivity index (χ3v) is 4.28. The summed E-state index contributed by atoms with van der Waals surface area (Å²) in [7, 11) is 0. The van der Waals surface area contributed by atoms with Gasteiger partial charge in [-0.2, -0.15) is 0 Å². The van der Waals surface area contributed by atoms with Crippen molar-refractivity contribution in [1.82, 2.24) is 10.3 Å². The molecule has 2 heterocycles.